The number of hydrogen-bond donors (Lipinski definition) is 0. The molecular formula is C114H89BN6. The van der Waals surface area contributed by atoms with Gasteiger partial charge in [-0.1, -0.05) is 305 Å². The van der Waals surface area contributed by atoms with E-state index < -0.39 is 0 Å². The molecule has 17 aromatic carbocycles. The fourth-order valence-electron chi connectivity index (χ4n) is 20.3. The third-order valence-electron chi connectivity index (χ3n) is 26.1. The van der Waals surface area contributed by atoms with Crippen LogP contribution in [0.3, 0.4) is 0 Å². The maximum Gasteiger partial charge on any atom is 0.252 e. The van der Waals surface area contributed by atoms with E-state index >= 15 is 0 Å². The van der Waals surface area contributed by atoms with E-state index in [0.29, 0.717) is 0 Å². The molecule has 6 nitrogen and oxygen atoms in total. The summed E-state index contributed by atoms with van der Waals surface area (Å²) in [7, 11) is 0. The maximum absolute atomic E-state index is 2.75. The highest BCUT2D eigenvalue weighted by atomic mass is 15.2. The van der Waals surface area contributed by atoms with Crippen molar-refractivity contribution in [2.24, 2.45) is 0 Å². The van der Waals surface area contributed by atoms with Crippen molar-refractivity contribution in [3.05, 3.63) is 393 Å². The second kappa shape index (κ2) is 27.1. The molecule has 23 rings (SSSR count). The molecule has 21 aromatic rings. The van der Waals surface area contributed by atoms with Gasteiger partial charge in [0.25, 0.3) is 6.71 Å². The Kier molecular flexibility index (Phi) is 16.1. The summed E-state index contributed by atoms with van der Waals surface area (Å²) in [6.45, 7) is 21.1. The van der Waals surface area contributed by atoms with E-state index in [1.54, 1.807) is 0 Å². The molecule has 0 saturated carbocycles. The molecule has 0 spiro atoms. The van der Waals surface area contributed by atoms with E-state index in [4.69, 9.17) is 0 Å². The van der Waals surface area contributed by atoms with Gasteiger partial charge < -0.3 is 28.1 Å². The van der Waals surface area contributed by atoms with Crippen molar-refractivity contribution in [2.45, 2.75) is 78.6 Å². The van der Waals surface area contributed by atoms with Crippen molar-refractivity contribution in [2.75, 3.05) is 9.80 Å². The average Bonchev–Trinajstić information content (AvgIpc) is 1.02. The molecule has 6 heterocycles. The third kappa shape index (κ3) is 11.2. The topological polar surface area (TPSA) is 26.2 Å². The van der Waals surface area contributed by atoms with E-state index in [1.807, 2.05) is 0 Å². The van der Waals surface area contributed by atoms with Crippen molar-refractivity contribution >= 4 is 144 Å². The first-order valence-corrected chi connectivity index (χ1v) is 42.7. The molecular weight excluding hydrogens is 1460 g/mol. The van der Waals surface area contributed by atoms with Gasteiger partial charge >= 0.3 is 0 Å². The number of rotatable bonds is 10. The first-order chi connectivity index (χ1) is 59.0. The van der Waals surface area contributed by atoms with Gasteiger partial charge in [-0.2, -0.15) is 0 Å². The van der Waals surface area contributed by atoms with Gasteiger partial charge in [-0.3, -0.25) is 0 Å². The summed E-state index contributed by atoms with van der Waals surface area (Å²) < 4.78 is 10.1. The van der Waals surface area contributed by atoms with Crippen LogP contribution < -0.4 is 26.2 Å². The Morgan fingerprint density at radius 2 is 0.455 bits per heavy atom. The number of hydrogen-bond acceptors (Lipinski definition) is 2. The van der Waals surface area contributed by atoms with Gasteiger partial charge in [0.05, 0.1) is 55.5 Å². The Bertz CT molecular complexity index is 7230. The predicted molar refractivity (Wildman–Crippen MR) is 516 cm³/mol. The zero-order valence-electron chi connectivity index (χ0n) is 69.6. The summed E-state index contributed by atoms with van der Waals surface area (Å²) in [4.78, 5) is 5.51. The lowest BCUT2D eigenvalue weighted by molar-refractivity contribution is 0.590. The zero-order valence-corrected chi connectivity index (χ0v) is 69.6. The molecule has 7 heteroatoms. The molecule has 121 heavy (non-hydrogen) atoms. The molecule has 2 aliphatic rings. The van der Waals surface area contributed by atoms with Gasteiger partial charge in [0.2, 0.25) is 0 Å². The summed E-state index contributed by atoms with van der Waals surface area (Å²) >= 11 is 0. The monoisotopic (exact) mass is 1550 g/mol. The predicted octanol–water partition coefficient (Wildman–Crippen LogP) is 28.7. The number of anilines is 6. The molecule has 0 unspecified atom stereocenters. The highest BCUT2D eigenvalue weighted by Crippen LogP contribution is 2.57. The Morgan fingerprint density at radius 1 is 0.198 bits per heavy atom. The van der Waals surface area contributed by atoms with Crippen LogP contribution in [0, 0.1) is 0 Å². The Labute approximate surface area is 706 Å². The van der Waals surface area contributed by atoms with Crippen molar-refractivity contribution in [3.8, 4) is 67.3 Å². The normalized spacial score (nSPS) is 13.0. The van der Waals surface area contributed by atoms with Crippen molar-refractivity contribution in [1.82, 2.24) is 18.3 Å². The van der Waals surface area contributed by atoms with E-state index in [0.717, 1.165) is 134 Å². The molecule has 2 aliphatic heterocycles. The summed E-state index contributed by atoms with van der Waals surface area (Å²) in [5.41, 5.74) is 36.2. The minimum atomic E-state index is -0.378. The minimum Gasteiger partial charge on any atom is -0.310 e. The SMILES string of the molecule is CC(C)(C)c1cc(-c2ccccc2)c(N2c3cc(-n4c5ccccc5c5cc6c7ccccc7n(-c7ccccc7)c6cc54)ccc3B3c4ccc(-n5c6ccccc6c6cc7c8ccccc8n(-c8ccccc8)c7cc65)cc4N(c4c(-c5ccccc5)cc(C(C)(C)C)cc4-c4ccccc4)c4cc(C(C)(C)C)cc2c43)c(-c2ccccc2)c1. The minimum absolute atomic E-state index is 0.227. The molecule has 578 valence electrons. The van der Waals surface area contributed by atoms with Crippen LogP contribution in [0.2, 0.25) is 0 Å². The van der Waals surface area contributed by atoms with E-state index in [1.165, 1.54) is 87.2 Å². The quantitative estimate of drug-likeness (QED) is 0.128. The van der Waals surface area contributed by atoms with E-state index in [2.05, 4.69) is 466 Å². The second-order valence-corrected chi connectivity index (χ2v) is 36.4. The third-order valence-corrected chi connectivity index (χ3v) is 26.1. The largest absolute Gasteiger partial charge is 0.310 e. The maximum atomic E-state index is 2.75. The number of para-hydroxylation sites is 6. The zero-order chi connectivity index (χ0) is 81.5. The Balaban J connectivity index is 0.884. The average molecular weight is 1550 g/mol. The lowest BCUT2D eigenvalue weighted by Crippen LogP contribution is -2.61. The summed E-state index contributed by atoms with van der Waals surface area (Å²) in [5, 5.41) is 9.72. The molecule has 0 fully saturated rings. The van der Waals surface area contributed by atoms with E-state index in [9.17, 15) is 0 Å². The van der Waals surface area contributed by atoms with Crippen LogP contribution in [0.1, 0.15) is 79.0 Å². The van der Waals surface area contributed by atoms with Crippen LogP contribution >= 0.6 is 0 Å². The van der Waals surface area contributed by atoms with E-state index in [-0.39, 0.29) is 23.0 Å². The summed E-state index contributed by atoms with van der Waals surface area (Å²) in [6.07, 6.45) is 0. The summed E-state index contributed by atoms with van der Waals surface area (Å²) in [6, 6.07) is 143. The van der Waals surface area contributed by atoms with Gasteiger partial charge in [-0.25, -0.2) is 0 Å². The highest BCUT2D eigenvalue weighted by Gasteiger charge is 2.47. The van der Waals surface area contributed by atoms with Crippen LogP contribution in [0.5, 0.6) is 0 Å². The number of fused-ring (bicyclic) bond motifs is 16. The van der Waals surface area contributed by atoms with Crippen molar-refractivity contribution in [3.63, 3.8) is 0 Å². The smallest absolute Gasteiger partial charge is 0.252 e. The molecule has 0 saturated heterocycles. The summed E-state index contributed by atoms with van der Waals surface area (Å²) in [5.74, 6) is 0. The van der Waals surface area contributed by atoms with Gasteiger partial charge in [0, 0.05) is 111 Å². The number of nitrogens with zero attached hydrogens (tertiary/aromatic N) is 6. The van der Waals surface area contributed by atoms with Crippen molar-refractivity contribution in [1.29, 1.82) is 0 Å². The molecule has 0 N–H and O–H groups in total. The number of aromatic nitrogens is 4. The van der Waals surface area contributed by atoms with Gasteiger partial charge in [-0.15, -0.1) is 0 Å². The molecule has 0 aliphatic carbocycles. The van der Waals surface area contributed by atoms with Gasteiger partial charge in [0.15, 0.2) is 0 Å². The van der Waals surface area contributed by atoms with Gasteiger partial charge in [0.1, 0.15) is 0 Å². The Hall–Kier alpha value is -14.4. The molecule has 0 atom stereocenters. The fraction of sp³-hybridized carbons (Fsp3) is 0.105. The Morgan fingerprint density at radius 3 is 0.744 bits per heavy atom. The molecule has 0 bridgehead atoms. The number of benzene rings is 17. The van der Waals surface area contributed by atoms with Crippen LogP contribution in [0.15, 0.2) is 376 Å². The second-order valence-electron chi connectivity index (χ2n) is 36.4. The first-order valence-electron chi connectivity index (χ1n) is 42.7. The van der Waals surface area contributed by atoms with Gasteiger partial charge in [-0.05, 0) is 205 Å². The standard InChI is InChI=1S/C114H89BN6/c1-112(2,3)76-60-87(72-36-16-10-17-37-72)110(88(61-76)73-38-18-11-19-39-73)120-105-66-81(118-99-54-34-30-50-85(99)93-68-91-83-48-28-32-52-97(83)116(101(91)70-103(93)118)79-44-24-14-25-45-79)56-58-95(105)115-96-59-57-82(119-100-55-35-31-51-86(100)94-69-92-84-49-29-33-53-98(84)117(102(92)71-104(94)119)80-46-26-15-27-47-80)67-106(96)121(108-65-78(114(7,8)9)64-107(120)109(108)115)111-89(74-40-20-12-21-41-74)62-77(113(4,5)6)63-90(111)75-42-22-13-23-43-75/h10-71H,1-9H3. The molecule has 0 amide bonds. The fourth-order valence-corrected chi connectivity index (χ4v) is 20.3. The first kappa shape index (κ1) is 71.9. The molecule has 0 radical (unpaired) electrons. The van der Waals surface area contributed by atoms with Crippen LogP contribution in [-0.2, 0) is 16.2 Å². The lowest BCUT2D eigenvalue weighted by Gasteiger charge is -2.47. The van der Waals surface area contributed by atoms with Crippen molar-refractivity contribution < 1.29 is 0 Å². The molecule has 4 aromatic heterocycles. The van der Waals surface area contributed by atoms with Crippen LogP contribution in [-0.4, -0.2) is 25.0 Å². The van der Waals surface area contributed by atoms with Crippen LogP contribution in [0.4, 0.5) is 34.1 Å². The lowest BCUT2D eigenvalue weighted by atomic mass is 9.33. The van der Waals surface area contributed by atoms with Crippen LogP contribution in [0.25, 0.3) is 154 Å². The highest BCUT2D eigenvalue weighted by molar-refractivity contribution is 7.00.